The fourth-order valence-corrected chi connectivity index (χ4v) is 3.67. The summed E-state index contributed by atoms with van der Waals surface area (Å²) in [7, 11) is 1.77. The van der Waals surface area contributed by atoms with Crippen LogP contribution in [0.4, 0.5) is 0 Å². The van der Waals surface area contributed by atoms with E-state index in [1.54, 1.807) is 7.05 Å². The highest BCUT2D eigenvalue weighted by Gasteiger charge is 2.06. The molecule has 0 rings (SSSR count). The second-order valence-electron chi connectivity index (χ2n) is 8.48. The zero-order valence-corrected chi connectivity index (χ0v) is 18.5. The molecule has 0 aliphatic heterocycles. The SMILES string of the molecule is CCCCCCCCCCCCCCCCCCNC[N+](C)([O-])CCC. The number of quaternary nitrogens is 1. The van der Waals surface area contributed by atoms with Gasteiger partial charge in [-0.2, -0.15) is 0 Å². The Bertz CT molecular complexity index is 269. The number of nitrogens with one attached hydrogen (secondary N) is 1. The molecular weight excluding hydrogens is 320 g/mol. The molecule has 26 heavy (non-hydrogen) atoms. The normalized spacial score (nSPS) is 13.8. The minimum atomic E-state index is -0.143. The van der Waals surface area contributed by atoms with Crippen molar-refractivity contribution in [1.82, 2.24) is 5.32 Å². The van der Waals surface area contributed by atoms with Crippen LogP contribution >= 0.6 is 0 Å². The van der Waals surface area contributed by atoms with Gasteiger partial charge in [0, 0.05) is 6.54 Å². The Morgan fingerprint density at radius 2 is 0.962 bits per heavy atom. The van der Waals surface area contributed by atoms with Gasteiger partial charge in [0.25, 0.3) is 0 Å². The van der Waals surface area contributed by atoms with Crippen LogP contribution in [0.2, 0.25) is 0 Å². The summed E-state index contributed by atoms with van der Waals surface area (Å²) in [6.45, 7) is 6.64. The Morgan fingerprint density at radius 1 is 0.577 bits per heavy atom. The first-order valence-electron chi connectivity index (χ1n) is 11.9. The van der Waals surface area contributed by atoms with Gasteiger partial charge in [-0.1, -0.05) is 110 Å². The molecular formula is C23H50N2O. The smallest absolute Gasteiger partial charge is 0.132 e. The third-order valence-corrected chi connectivity index (χ3v) is 5.35. The predicted octanol–water partition coefficient (Wildman–Crippen LogP) is 7.15. The Labute approximate surface area is 165 Å². The molecule has 0 radical (unpaired) electrons. The minimum Gasteiger partial charge on any atom is -0.632 e. The van der Waals surface area contributed by atoms with E-state index in [2.05, 4.69) is 19.2 Å². The topological polar surface area (TPSA) is 35.1 Å². The third kappa shape index (κ3) is 20.2. The molecule has 0 saturated heterocycles. The van der Waals surface area contributed by atoms with Gasteiger partial charge in [0.05, 0.1) is 13.6 Å². The van der Waals surface area contributed by atoms with Gasteiger partial charge >= 0.3 is 0 Å². The second kappa shape index (κ2) is 19.6. The van der Waals surface area contributed by atoms with Gasteiger partial charge in [0.2, 0.25) is 0 Å². The van der Waals surface area contributed by atoms with Crippen LogP contribution in [0.3, 0.4) is 0 Å². The average molecular weight is 371 g/mol. The van der Waals surface area contributed by atoms with Crippen LogP contribution in [0, 0.1) is 5.21 Å². The number of hydrogen-bond acceptors (Lipinski definition) is 2. The van der Waals surface area contributed by atoms with Crippen LogP contribution in [-0.4, -0.2) is 31.5 Å². The molecule has 1 unspecified atom stereocenters. The van der Waals surface area contributed by atoms with Crippen molar-refractivity contribution < 1.29 is 4.65 Å². The predicted molar refractivity (Wildman–Crippen MR) is 117 cm³/mol. The molecule has 0 heterocycles. The minimum absolute atomic E-state index is 0.143. The zero-order valence-electron chi connectivity index (χ0n) is 18.5. The molecule has 0 aliphatic carbocycles. The molecule has 0 bridgehead atoms. The maximum atomic E-state index is 11.9. The number of hydroxylamine groups is 3. The summed E-state index contributed by atoms with van der Waals surface area (Å²) >= 11 is 0. The third-order valence-electron chi connectivity index (χ3n) is 5.35. The molecule has 0 fully saturated rings. The van der Waals surface area contributed by atoms with Gasteiger partial charge < -0.3 is 9.85 Å². The lowest BCUT2D eigenvalue weighted by molar-refractivity contribution is -0.863. The van der Waals surface area contributed by atoms with Crippen LogP contribution in [0.25, 0.3) is 0 Å². The first kappa shape index (κ1) is 25.9. The second-order valence-corrected chi connectivity index (χ2v) is 8.48. The van der Waals surface area contributed by atoms with Crippen molar-refractivity contribution in [3.05, 3.63) is 5.21 Å². The lowest BCUT2D eigenvalue weighted by atomic mass is 10.0. The van der Waals surface area contributed by atoms with Crippen molar-refractivity contribution in [2.75, 3.05) is 26.8 Å². The van der Waals surface area contributed by atoms with Crippen LogP contribution in [0.15, 0.2) is 0 Å². The fraction of sp³-hybridized carbons (Fsp3) is 1.00. The first-order chi connectivity index (χ1) is 12.6. The van der Waals surface area contributed by atoms with Crippen molar-refractivity contribution in [3.8, 4) is 0 Å². The van der Waals surface area contributed by atoms with E-state index < -0.39 is 0 Å². The molecule has 1 atom stereocenters. The Morgan fingerprint density at radius 3 is 1.35 bits per heavy atom. The van der Waals surface area contributed by atoms with E-state index in [1.165, 1.54) is 103 Å². The monoisotopic (exact) mass is 370 g/mol. The van der Waals surface area contributed by atoms with Crippen LogP contribution < -0.4 is 5.32 Å². The number of hydrogen-bond donors (Lipinski definition) is 1. The van der Waals surface area contributed by atoms with Crippen molar-refractivity contribution in [2.24, 2.45) is 0 Å². The molecule has 0 aromatic carbocycles. The number of rotatable bonds is 21. The summed E-state index contributed by atoms with van der Waals surface area (Å²) < 4.78 is -0.143. The number of unbranched alkanes of at least 4 members (excludes halogenated alkanes) is 15. The zero-order chi connectivity index (χ0) is 19.3. The molecule has 0 saturated carbocycles. The van der Waals surface area contributed by atoms with Gasteiger partial charge in [-0.15, -0.1) is 0 Å². The van der Waals surface area contributed by atoms with Gasteiger partial charge in [-0.3, -0.25) is 5.32 Å². The standard InChI is InChI=1S/C23H50N2O/c1-4-6-7-8-9-10-11-12-13-14-15-16-17-18-19-20-21-24-23-25(3,26)22-5-2/h24H,4-23H2,1-3H3. The average Bonchev–Trinajstić information content (AvgIpc) is 2.60. The van der Waals surface area contributed by atoms with E-state index in [4.69, 9.17) is 0 Å². The van der Waals surface area contributed by atoms with Gasteiger partial charge in [-0.05, 0) is 12.8 Å². The summed E-state index contributed by atoms with van der Waals surface area (Å²) in [4.78, 5) is 0. The van der Waals surface area contributed by atoms with Crippen molar-refractivity contribution in [2.45, 2.75) is 123 Å². The maximum Gasteiger partial charge on any atom is 0.132 e. The molecule has 0 amide bonds. The summed E-state index contributed by atoms with van der Waals surface area (Å²) in [6, 6.07) is 0. The van der Waals surface area contributed by atoms with E-state index in [0.29, 0.717) is 13.2 Å². The van der Waals surface area contributed by atoms with Crippen molar-refractivity contribution >= 4 is 0 Å². The van der Waals surface area contributed by atoms with Gasteiger partial charge in [0.15, 0.2) is 0 Å². The van der Waals surface area contributed by atoms with Crippen LogP contribution in [0.5, 0.6) is 0 Å². The molecule has 0 aromatic heterocycles. The molecule has 0 aromatic rings. The first-order valence-corrected chi connectivity index (χ1v) is 11.9. The van der Waals surface area contributed by atoms with Gasteiger partial charge in [0.1, 0.15) is 6.67 Å². The highest BCUT2D eigenvalue weighted by molar-refractivity contribution is 4.51. The van der Waals surface area contributed by atoms with Crippen molar-refractivity contribution in [1.29, 1.82) is 0 Å². The summed E-state index contributed by atoms with van der Waals surface area (Å²) in [5.41, 5.74) is 0. The molecule has 158 valence electrons. The van der Waals surface area contributed by atoms with E-state index in [1.807, 2.05) is 0 Å². The Balaban J connectivity index is 3.09. The lowest BCUT2D eigenvalue weighted by Gasteiger charge is -2.38. The van der Waals surface area contributed by atoms with Gasteiger partial charge in [-0.25, -0.2) is 0 Å². The summed E-state index contributed by atoms with van der Waals surface area (Å²) in [6.07, 6.45) is 23.5. The number of nitrogens with zero attached hydrogens (tertiary/aromatic N) is 1. The summed E-state index contributed by atoms with van der Waals surface area (Å²) in [5, 5.41) is 15.3. The Kier molecular flexibility index (Phi) is 19.5. The Hall–Kier alpha value is -0.120. The molecule has 3 nitrogen and oxygen atoms in total. The lowest BCUT2D eigenvalue weighted by Crippen LogP contribution is -2.45. The highest BCUT2D eigenvalue weighted by atomic mass is 16.5. The van der Waals surface area contributed by atoms with E-state index in [0.717, 1.165) is 13.0 Å². The molecule has 0 aliphatic rings. The van der Waals surface area contributed by atoms with E-state index in [9.17, 15) is 5.21 Å². The summed E-state index contributed by atoms with van der Waals surface area (Å²) in [5.74, 6) is 0. The fourth-order valence-electron chi connectivity index (χ4n) is 3.67. The largest absolute Gasteiger partial charge is 0.632 e. The van der Waals surface area contributed by atoms with Crippen molar-refractivity contribution in [3.63, 3.8) is 0 Å². The van der Waals surface area contributed by atoms with Crippen LogP contribution in [0.1, 0.15) is 123 Å². The van der Waals surface area contributed by atoms with Crippen LogP contribution in [-0.2, 0) is 0 Å². The quantitative estimate of drug-likeness (QED) is 0.101. The van der Waals surface area contributed by atoms with E-state index >= 15 is 0 Å². The van der Waals surface area contributed by atoms with E-state index in [-0.39, 0.29) is 4.65 Å². The molecule has 1 N–H and O–H groups in total. The highest BCUT2D eigenvalue weighted by Crippen LogP contribution is 2.13. The molecule has 0 spiro atoms. The molecule has 3 heteroatoms. The maximum absolute atomic E-state index is 11.9.